The Bertz CT molecular complexity index is 630. The second-order valence-corrected chi connectivity index (χ2v) is 8.27. The summed E-state index contributed by atoms with van der Waals surface area (Å²) in [5, 5.41) is 6.75. The highest BCUT2D eigenvalue weighted by atomic mass is 127. The van der Waals surface area contributed by atoms with Gasteiger partial charge in [-0.15, -0.1) is 24.0 Å². The Morgan fingerprint density at radius 1 is 1.35 bits per heavy atom. The van der Waals surface area contributed by atoms with E-state index in [0.29, 0.717) is 30.2 Å². The fraction of sp³-hybridized carbons (Fsp3) is 0.611. The van der Waals surface area contributed by atoms with E-state index in [1.54, 1.807) is 13.1 Å². The summed E-state index contributed by atoms with van der Waals surface area (Å²) in [4.78, 5) is 4.19. The van der Waals surface area contributed by atoms with Crippen molar-refractivity contribution in [3.63, 3.8) is 0 Å². The summed E-state index contributed by atoms with van der Waals surface area (Å²) >= 11 is 0. The number of hydrogen-bond acceptors (Lipinski definition) is 2. The molecule has 0 spiro atoms. The Hall–Kier alpha value is -0.770. The number of halogens is 3. The molecule has 4 nitrogen and oxygen atoms in total. The number of aliphatic imine (C=N–C) groups is 1. The highest BCUT2D eigenvalue weighted by molar-refractivity contribution is 14.0. The van der Waals surface area contributed by atoms with Crippen molar-refractivity contribution in [2.24, 2.45) is 4.99 Å². The molecule has 2 N–H and O–H groups in total. The normalized spacial score (nSPS) is 21.6. The molecule has 0 aromatic heterocycles. The van der Waals surface area contributed by atoms with Gasteiger partial charge in [-0.25, -0.2) is 8.78 Å². The minimum Gasteiger partial charge on any atom is -0.356 e. The predicted octanol–water partition coefficient (Wildman–Crippen LogP) is 3.37. The quantitative estimate of drug-likeness (QED) is 0.359. The van der Waals surface area contributed by atoms with Crippen molar-refractivity contribution in [1.82, 2.24) is 10.6 Å². The van der Waals surface area contributed by atoms with Crippen LogP contribution in [-0.4, -0.2) is 40.8 Å². The standard InChI is InChI=1S/C18H27F2N3OS.HI/c1-3-25(24)15-8-5-7-14(12-15)23-18(21-2)22-11-10-13-6-4-9-16(19)17(13)20;/h4,6,9,14-15H,3,5,7-8,10-12H2,1-2H3,(H2,21,22,23);1H. The molecule has 8 heteroatoms. The van der Waals surface area contributed by atoms with E-state index in [1.807, 2.05) is 6.92 Å². The van der Waals surface area contributed by atoms with Gasteiger partial charge in [0.1, 0.15) is 0 Å². The minimum atomic E-state index is -0.822. The zero-order chi connectivity index (χ0) is 18.2. The number of nitrogens with one attached hydrogen (secondary N) is 2. The zero-order valence-electron chi connectivity index (χ0n) is 15.3. The van der Waals surface area contributed by atoms with Crippen LogP contribution in [0.5, 0.6) is 0 Å². The van der Waals surface area contributed by atoms with Crippen molar-refractivity contribution in [1.29, 1.82) is 0 Å². The van der Waals surface area contributed by atoms with Crippen LogP contribution in [0.1, 0.15) is 38.2 Å². The molecule has 1 aliphatic rings. The van der Waals surface area contributed by atoms with E-state index in [0.717, 1.165) is 31.7 Å². The second kappa shape index (κ2) is 11.8. The lowest BCUT2D eigenvalue weighted by Crippen LogP contribution is -2.47. The first kappa shape index (κ1) is 23.3. The Morgan fingerprint density at radius 2 is 2.12 bits per heavy atom. The summed E-state index contributed by atoms with van der Waals surface area (Å²) in [6.07, 6.45) is 4.34. The van der Waals surface area contributed by atoms with E-state index in [9.17, 15) is 13.0 Å². The topological polar surface area (TPSA) is 53.5 Å². The van der Waals surface area contributed by atoms with Crippen LogP contribution in [-0.2, 0) is 17.2 Å². The molecule has 2 rings (SSSR count). The average Bonchev–Trinajstić information content (AvgIpc) is 2.63. The molecular weight excluding hydrogens is 471 g/mol. The highest BCUT2D eigenvalue weighted by Gasteiger charge is 2.26. The third-order valence-corrected chi connectivity index (χ3v) is 6.31. The van der Waals surface area contributed by atoms with Crippen molar-refractivity contribution in [3.05, 3.63) is 35.4 Å². The van der Waals surface area contributed by atoms with Gasteiger partial charge in [-0.1, -0.05) is 25.5 Å². The minimum absolute atomic E-state index is 0. The predicted molar refractivity (Wildman–Crippen MR) is 115 cm³/mol. The summed E-state index contributed by atoms with van der Waals surface area (Å²) in [6.45, 7) is 2.41. The van der Waals surface area contributed by atoms with Crippen molar-refractivity contribution >= 4 is 40.7 Å². The molecule has 148 valence electrons. The molecule has 0 saturated heterocycles. The van der Waals surface area contributed by atoms with Gasteiger partial charge in [0.25, 0.3) is 0 Å². The van der Waals surface area contributed by atoms with Crippen molar-refractivity contribution < 1.29 is 13.0 Å². The SMILES string of the molecule is CCS(=O)C1CCCC(NC(=NC)NCCc2cccc(F)c2F)C1.I. The maximum atomic E-state index is 13.7. The van der Waals surface area contributed by atoms with Crippen molar-refractivity contribution in [3.8, 4) is 0 Å². The van der Waals surface area contributed by atoms with Crippen LogP contribution in [0, 0.1) is 11.6 Å². The highest BCUT2D eigenvalue weighted by Crippen LogP contribution is 2.23. The van der Waals surface area contributed by atoms with Crippen LogP contribution in [0.2, 0.25) is 0 Å². The molecule has 1 saturated carbocycles. The van der Waals surface area contributed by atoms with Gasteiger partial charge in [0, 0.05) is 41.4 Å². The summed E-state index contributed by atoms with van der Waals surface area (Å²) in [5.74, 6) is -0.268. The first-order valence-corrected chi connectivity index (χ1v) is 10.2. The van der Waals surface area contributed by atoms with Gasteiger partial charge in [0.05, 0.1) is 0 Å². The van der Waals surface area contributed by atoms with E-state index in [1.165, 1.54) is 6.07 Å². The van der Waals surface area contributed by atoms with E-state index in [4.69, 9.17) is 0 Å². The first-order chi connectivity index (χ1) is 12.0. The van der Waals surface area contributed by atoms with Gasteiger partial charge < -0.3 is 10.6 Å². The number of nitrogens with zero attached hydrogens (tertiary/aromatic N) is 1. The molecule has 0 bridgehead atoms. The van der Waals surface area contributed by atoms with Crippen molar-refractivity contribution in [2.45, 2.75) is 50.3 Å². The van der Waals surface area contributed by atoms with Crippen molar-refractivity contribution in [2.75, 3.05) is 19.3 Å². The molecule has 1 aliphatic carbocycles. The number of hydrogen-bond donors (Lipinski definition) is 2. The van der Waals surface area contributed by atoms with Gasteiger partial charge >= 0.3 is 0 Å². The third kappa shape index (κ3) is 6.75. The first-order valence-electron chi connectivity index (χ1n) is 8.82. The average molecular weight is 499 g/mol. The summed E-state index contributed by atoms with van der Waals surface area (Å²) in [6, 6.07) is 4.46. The zero-order valence-corrected chi connectivity index (χ0v) is 18.4. The van der Waals surface area contributed by atoms with E-state index in [2.05, 4.69) is 15.6 Å². The summed E-state index contributed by atoms with van der Waals surface area (Å²) in [7, 11) is 0.920. The van der Waals surface area contributed by atoms with E-state index >= 15 is 0 Å². The Labute approximate surface area is 174 Å². The number of rotatable bonds is 6. The molecule has 0 heterocycles. The Kier molecular flexibility index (Phi) is 10.6. The molecule has 26 heavy (non-hydrogen) atoms. The molecule has 1 aromatic carbocycles. The van der Waals surface area contributed by atoms with Crippen LogP contribution in [0.25, 0.3) is 0 Å². The number of guanidine groups is 1. The largest absolute Gasteiger partial charge is 0.356 e. The lowest BCUT2D eigenvalue weighted by Gasteiger charge is -2.30. The second-order valence-electron chi connectivity index (χ2n) is 6.26. The lowest BCUT2D eigenvalue weighted by atomic mass is 9.95. The smallest absolute Gasteiger partial charge is 0.191 e. The molecule has 1 fully saturated rings. The van der Waals surface area contributed by atoms with Gasteiger partial charge in [0.2, 0.25) is 0 Å². The molecule has 3 atom stereocenters. The van der Waals surface area contributed by atoms with Crippen LogP contribution in [0.4, 0.5) is 8.78 Å². The lowest BCUT2D eigenvalue weighted by molar-refractivity contribution is 0.413. The van der Waals surface area contributed by atoms with Crippen LogP contribution in [0.3, 0.4) is 0 Å². The van der Waals surface area contributed by atoms with E-state index in [-0.39, 0.29) is 35.3 Å². The third-order valence-electron chi connectivity index (χ3n) is 4.57. The van der Waals surface area contributed by atoms with E-state index < -0.39 is 22.4 Å². The molecule has 1 aromatic rings. The molecular formula is C18H28F2IN3OS. The fourth-order valence-electron chi connectivity index (χ4n) is 3.20. The van der Waals surface area contributed by atoms with Crippen LogP contribution in [0.15, 0.2) is 23.2 Å². The van der Waals surface area contributed by atoms with Crippen LogP contribution >= 0.6 is 24.0 Å². The monoisotopic (exact) mass is 499 g/mol. The van der Waals surface area contributed by atoms with Gasteiger partial charge in [0.15, 0.2) is 17.6 Å². The summed E-state index contributed by atoms with van der Waals surface area (Å²) < 4.78 is 38.9. The summed E-state index contributed by atoms with van der Waals surface area (Å²) in [5.41, 5.74) is 0.346. The van der Waals surface area contributed by atoms with Gasteiger partial charge in [-0.05, 0) is 37.3 Å². The molecule has 0 radical (unpaired) electrons. The molecule has 0 aliphatic heterocycles. The van der Waals surface area contributed by atoms with Crippen LogP contribution < -0.4 is 10.6 Å². The van der Waals surface area contributed by atoms with Gasteiger partial charge in [-0.2, -0.15) is 0 Å². The Balaban J connectivity index is 0.00000338. The molecule has 3 unspecified atom stereocenters. The maximum Gasteiger partial charge on any atom is 0.191 e. The fourth-order valence-corrected chi connectivity index (χ4v) is 4.54. The maximum absolute atomic E-state index is 13.7. The Morgan fingerprint density at radius 3 is 2.81 bits per heavy atom. The van der Waals surface area contributed by atoms with Gasteiger partial charge in [-0.3, -0.25) is 9.20 Å². The molecule has 0 amide bonds. The number of benzene rings is 1.